The molecular weight excluding hydrogens is 156 g/mol. The van der Waals surface area contributed by atoms with E-state index in [1.807, 2.05) is 20.8 Å². The SMILES string of the molecule is CCc1nnc(COC(C)C)o1. The highest BCUT2D eigenvalue weighted by molar-refractivity contribution is 4.78. The highest BCUT2D eigenvalue weighted by Gasteiger charge is 2.04. The normalized spacial score (nSPS) is 11.0. The van der Waals surface area contributed by atoms with E-state index in [2.05, 4.69) is 10.2 Å². The molecule has 4 heteroatoms. The molecule has 0 amide bonds. The van der Waals surface area contributed by atoms with Gasteiger partial charge in [0.2, 0.25) is 11.8 Å². The van der Waals surface area contributed by atoms with Gasteiger partial charge in [0.25, 0.3) is 0 Å². The molecule has 1 rings (SSSR count). The third-order valence-electron chi connectivity index (χ3n) is 1.35. The van der Waals surface area contributed by atoms with Crippen LogP contribution in [0.25, 0.3) is 0 Å². The van der Waals surface area contributed by atoms with Crippen LogP contribution in [0.15, 0.2) is 4.42 Å². The summed E-state index contributed by atoms with van der Waals surface area (Å²) < 4.78 is 10.5. The molecule has 0 atom stereocenters. The molecule has 0 N–H and O–H groups in total. The first-order chi connectivity index (χ1) is 5.72. The maximum Gasteiger partial charge on any atom is 0.242 e. The van der Waals surface area contributed by atoms with E-state index in [-0.39, 0.29) is 6.10 Å². The Morgan fingerprint density at radius 1 is 1.33 bits per heavy atom. The molecule has 1 aromatic rings. The minimum atomic E-state index is 0.196. The molecule has 0 bridgehead atoms. The molecule has 0 aromatic carbocycles. The zero-order valence-corrected chi connectivity index (χ0v) is 7.70. The number of aromatic nitrogens is 2. The highest BCUT2D eigenvalue weighted by atomic mass is 16.5. The Balaban J connectivity index is 2.41. The van der Waals surface area contributed by atoms with Crippen molar-refractivity contribution in [2.75, 3.05) is 0 Å². The molecule has 4 nitrogen and oxygen atoms in total. The molecule has 0 aliphatic rings. The first kappa shape index (κ1) is 9.19. The van der Waals surface area contributed by atoms with Crippen molar-refractivity contribution in [2.45, 2.75) is 39.9 Å². The molecule has 0 aliphatic carbocycles. The molecule has 68 valence electrons. The molecule has 0 spiro atoms. The smallest absolute Gasteiger partial charge is 0.242 e. The number of nitrogens with zero attached hydrogens (tertiary/aromatic N) is 2. The van der Waals surface area contributed by atoms with Crippen LogP contribution in [0.2, 0.25) is 0 Å². The van der Waals surface area contributed by atoms with Gasteiger partial charge in [-0.05, 0) is 13.8 Å². The predicted octanol–water partition coefficient (Wildman–Crippen LogP) is 1.56. The molecule has 0 radical (unpaired) electrons. The summed E-state index contributed by atoms with van der Waals surface area (Å²) in [5, 5.41) is 7.63. The van der Waals surface area contributed by atoms with Crippen LogP contribution in [-0.2, 0) is 17.8 Å². The second-order valence-electron chi connectivity index (χ2n) is 2.80. The van der Waals surface area contributed by atoms with Crippen LogP contribution in [0.5, 0.6) is 0 Å². The number of rotatable bonds is 4. The average molecular weight is 170 g/mol. The standard InChI is InChI=1S/C8H14N2O2/c1-4-7-9-10-8(12-7)5-11-6(2)3/h6H,4-5H2,1-3H3. The van der Waals surface area contributed by atoms with E-state index in [4.69, 9.17) is 9.15 Å². The Kier molecular flexibility index (Phi) is 3.22. The topological polar surface area (TPSA) is 48.2 Å². The van der Waals surface area contributed by atoms with Gasteiger partial charge in [-0.15, -0.1) is 10.2 Å². The zero-order valence-electron chi connectivity index (χ0n) is 7.70. The van der Waals surface area contributed by atoms with Crippen molar-refractivity contribution in [3.05, 3.63) is 11.8 Å². The van der Waals surface area contributed by atoms with Crippen LogP contribution >= 0.6 is 0 Å². The van der Waals surface area contributed by atoms with E-state index in [9.17, 15) is 0 Å². The monoisotopic (exact) mass is 170 g/mol. The van der Waals surface area contributed by atoms with Gasteiger partial charge in [-0.2, -0.15) is 0 Å². The number of ether oxygens (including phenoxy) is 1. The van der Waals surface area contributed by atoms with Gasteiger partial charge in [-0.1, -0.05) is 6.92 Å². The summed E-state index contributed by atoms with van der Waals surface area (Å²) in [5.41, 5.74) is 0. The molecule has 0 saturated heterocycles. The number of hydrogen-bond donors (Lipinski definition) is 0. The average Bonchev–Trinajstić information content (AvgIpc) is 2.48. The van der Waals surface area contributed by atoms with Crippen molar-refractivity contribution in [2.24, 2.45) is 0 Å². The Bertz CT molecular complexity index is 233. The van der Waals surface area contributed by atoms with Crippen molar-refractivity contribution in [1.29, 1.82) is 0 Å². The first-order valence-electron chi connectivity index (χ1n) is 4.15. The third-order valence-corrected chi connectivity index (χ3v) is 1.35. The van der Waals surface area contributed by atoms with Gasteiger partial charge in [0.05, 0.1) is 6.10 Å². The number of aryl methyl sites for hydroxylation is 1. The van der Waals surface area contributed by atoms with E-state index in [1.165, 1.54) is 0 Å². The fourth-order valence-electron chi connectivity index (χ4n) is 0.728. The minimum absolute atomic E-state index is 0.196. The van der Waals surface area contributed by atoms with Crippen molar-refractivity contribution < 1.29 is 9.15 Å². The first-order valence-corrected chi connectivity index (χ1v) is 4.15. The van der Waals surface area contributed by atoms with Gasteiger partial charge in [0.15, 0.2) is 0 Å². The molecular formula is C8H14N2O2. The summed E-state index contributed by atoms with van der Waals surface area (Å²) in [5.74, 6) is 1.22. The molecule has 0 saturated carbocycles. The van der Waals surface area contributed by atoms with Crippen LogP contribution in [0.4, 0.5) is 0 Å². The van der Waals surface area contributed by atoms with Crippen molar-refractivity contribution in [3.8, 4) is 0 Å². The van der Waals surface area contributed by atoms with Crippen molar-refractivity contribution in [3.63, 3.8) is 0 Å². The Morgan fingerprint density at radius 2 is 2.00 bits per heavy atom. The summed E-state index contributed by atoms with van der Waals surface area (Å²) in [4.78, 5) is 0. The van der Waals surface area contributed by atoms with Crippen LogP contribution in [0.3, 0.4) is 0 Å². The summed E-state index contributed by atoms with van der Waals surface area (Å²) in [6.45, 7) is 6.32. The van der Waals surface area contributed by atoms with Gasteiger partial charge < -0.3 is 9.15 Å². The van der Waals surface area contributed by atoms with Crippen LogP contribution in [0.1, 0.15) is 32.6 Å². The second kappa shape index (κ2) is 4.21. The predicted molar refractivity (Wildman–Crippen MR) is 43.6 cm³/mol. The lowest BCUT2D eigenvalue weighted by molar-refractivity contribution is 0.0511. The summed E-state index contributed by atoms with van der Waals surface area (Å²) in [7, 11) is 0. The fourth-order valence-corrected chi connectivity index (χ4v) is 0.728. The molecule has 0 fully saturated rings. The lowest BCUT2D eigenvalue weighted by Crippen LogP contribution is -2.02. The minimum Gasteiger partial charge on any atom is -0.423 e. The van der Waals surface area contributed by atoms with Gasteiger partial charge in [0.1, 0.15) is 6.61 Å². The summed E-state index contributed by atoms with van der Waals surface area (Å²) in [6, 6.07) is 0. The van der Waals surface area contributed by atoms with E-state index in [0.29, 0.717) is 18.4 Å². The Hall–Kier alpha value is -0.900. The van der Waals surface area contributed by atoms with Crippen molar-refractivity contribution >= 4 is 0 Å². The van der Waals surface area contributed by atoms with E-state index >= 15 is 0 Å². The second-order valence-corrected chi connectivity index (χ2v) is 2.80. The van der Waals surface area contributed by atoms with Crippen LogP contribution < -0.4 is 0 Å². The lowest BCUT2D eigenvalue weighted by Gasteiger charge is -2.02. The van der Waals surface area contributed by atoms with Gasteiger partial charge in [-0.3, -0.25) is 0 Å². The number of hydrogen-bond acceptors (Lipinski definition) is 4. The fraction of sp³-hybridized carbons (Fsp3) is 0.750. The third kappa shape index (κ3) is 2.62. The van der Waals surface area contributed by atoms with Gasteiger partial charge in [0, 0.05) is 6.42 Å². The Morgan fingerprint density at radius 3 is 2.50 bits per heavy atom. The maximum atomic E-state index is 5.29. The van der Waals surface area contributed by atoms with E-state index in [1.54, 1.807) is 0 Å². The van der Waals surface area contributed by atoms with Crippen molar-refractivity contribution in [1.82, 2.24) is 10.2 Å². The van der Waals surface area contributed by atoms with E-state index < -0.39 is 0 Å². The van der Waals surface area contributed by atoms with Gasteiger partial charge >= 0.3 is 0 Å². The molecule has 12 heavy (non-hydrogen) atoms. The van der Waals surface area contributed by atoms with Crippen LogP contribution in [-0.4, -0.2) is 16.3 Å². The largest absolute Gasteiger partial charge is 0.423 e. The maximum absolute atomic E-state index is 5.29. The summed E-state index contributed by atoms with van der Waals surface area (Å²) in [6.07, 6.45) is 0.969. The summed E-state index contributed by atoms with van der Waals surface area (Å²) >= 11 is 0. The Labute approximate surface area is 71.9 Å². The highest BCUT2D eigenvalue weighted by Crippen LogP contribution is 2.03. The molecule has 0 aliphatic heterocycles. The van der Waals surface area contributed by atoms with Crippen LogP contribution in [0, 0.1) is 0 Å². The zero-order chi connectivity index (χ0) is 8.97. The molecule has 0 unspecified atom stereocenters. The quantitative estimate of drug-likeness (QED) is 0.688. The molecule has 1 aromatic heterocycles. The van der Waals surface area contributed by atoms with E-state index in [0.717, 1.165) is 6.42 Å². The lowest BCUT2D eigenvalue weighted by atomic mass is 10.5. The molecule has 1 heterocycles. The van der Waals surface area contributed by atoms with Gasteiger partial charge in [-0.25, -0.2) is 0 Å².